The van der Waals surface area contributed by atoms with Gasteiger partial charge in [-0.15, -0.1) is 0 Å². The Balaban J connectivity index is 2.14. The normalized spacial score (nSPS) is 13.3. The molecule has 0 aliphatic carbocycles. The van der Waals surface area contributed by atoms with Crippen LogP contribution in [0.25, 0.3) is 0 Å². The van der Waals surface area contributed by atoms with Crippen LogP contribution in [0.3, 0.4) is 0 Å². The molecule has 1 heterocycles. The summed E-state index contributed by atoms with van der Waals surface area (Å²) in [6.45, 7) is 1.76. The van der Waals surface area contributed by atoms with Crippen molar-refractivity contribution in [2.45, 2.75) is 24.3 Å². The summed E-state index contributed by atoms with van der Waals surface area (Å²) >= 11 is 4.66. The van der Waals surface area contributed by atoms with Crippen molar-refractivity contribution in [1.29, 1.82) is 0 Å². The third-order valence-corrected chi connectivity index (χ3v) is 5.51. The molecule has 1 unspecified atom stereocenters. The molecule has 0 saturated carbocycles. The standard InChI is InChI=1S/C13H13BrFNO2S2/c1-9(6-10-4-5-19-8-10)16-20(17,18)13-3-2-11(14)7-12(13)15/h2-5,7-9,16H,6H2,1H3. The van der Waals surface area contributed by atoms with Gasteiger partial charge in [-0.1, -0.05) is 15.9 Å². The van der Waals surface area contributed by atoms with Gasteiger partial charge in [-0.05, 0) is 53.9 Å². The lowest BCUT2D eigenvalue weighted by atomic mass is 10.1. The Morgan fingerprint density at radius 2 is 2.15 bits per heavy atom. The van der Waals surface area contributed by atoms with E-state index in [1.54, 1.807) is 18.3 Å². The van der Waals surface area contributed by atoms with Crippen LogP contribution in [0.15, 0.2) is 44.4 Å². The molecule has 1 aromatic heterocycles. The molecule has 0 amide bonds. The number of thiophene rings is 1. The van der Waals surface area contributed by atoms with E-state index in [1.165, 1.54) is 12.1 Å². The maximum absolute atomic E-state index is 13.7. The van der Waals surface area contributed by atoms with Gasteiger partial charge in [0.05, 0.1) is 0 Å². The second kappa shape index (κ2) is 6.34. The van der Waals surface area contributed by atoms with Crippen LogP contribution in [-0.2, 0) is 16.4 Å². The topological polar surface area (TPSA) is 46.2 Å². The van der Waals surface area contributed by atoms with Crippen molar-refractivity contribution in [3.05, 3.63) is 50.9 Å². The van der Waals surface area contributed by atoms with E-state index in [-0.39, 0.29) is 10.9 Å². The number of hydrogen-bond acceptors (Lipinski definition) is 3. The number of rotatable bonds is 5. The summed E-state index contributed by atoms with van der Waals surface area (Å²) in [6.07, 6.45) is 0.570. The molecule has 2 rings (SSSR count). The van der Waals surface area contributed by atoms with E-state index in [1.807, 2.05) is 16.8 Å². The maximum Gasteiger partial charge on any atom is 0.243 e. The van der Waals surface area contributed by atoms with Gasteiger partial charge in [0, 0.05) is 10.5 Å². The zero-order valence-corrected chi connectivity index (χ0v) is 13.9. The molecule has 3 nitrogen and oxygen atoms in total. The van der Waals surface area contributed by atoms with Crippen molar-refractivity contribution < 1.29 is 12.8 Å². The smallest absolute Gasteiger partial charge is 0.208 e. The van der Waals surface area contributed by atoms with E-state index in [2.05, 4.69) is 20.7 Å². The molecule has 0 radical (unpaired) electrons. The van der Waals surface area contributed by atoms with E-state index in [9.17, 15) is 12.8 Å². The average Bonchev–Trinajstić information content (AvgIpc) is 2.79. The largest absolute Gasteiger partial charge is 0.243 e. The molecule has 0 spiro atoms. The third-order valence-electron chi connectivity index (χ3n) is 2.66. The summed E-state index contributed by atoms with van der Waals surface area (Å²) in [5.41, 5.74) is 1.06. The molecule has 1 N–H and O–H groups in total. The summed E-state index contributed by atoms with van der Waals surface area (Å²) in [5.74, 6) is -0.769. The quantitative estimate of drug-likeness (QED) is 0.865. The van der Waals surface area contributed by atoms with Gasteiger partial charge in [-0.2, -0.15) is 11.3 Å². The fraction of sp³-hybridized carbons (Fsp3) is 0.231. The highest BCUT2D eigenvalue weighted by Gasteiger charge is 2.21. The van der Waals surface area contributed by atoms with Crippen LogP contribution in [-0.4, -0.2) is 14.5 Å². The van der Waals surface area contributed by atoms with E-state index in [4.69, 9.17) is 0 Å². The van der Waals surface area contributed by atoms with Crippen LogP contribution in [0, 0.1) is 5.82 Å². The first-order chi connectivity index (χ1) is 9.38. The van der Waals surface area contributed by atoms with Gasteiger partial charge in [-0.3, -0.25) is 0 Å². The van der Waals surface area contributed by atoms with Gasteiger partial charge < -0.3 is 0 Å². The number of halogens is 2. The minimum absolute atomic E-state index is 0.308. The molecule has 0 saturated heterocycles. The van der Waals surface area contributed by atoms with Crippen molar-refractivity contribution in [1.82, 2.24) is 4.72 Å². The van der Waals surface area contributed by atoms with Crippen LogP contribution in [0.1, 0.15) is 12.5 Å². The Morgan fingerprint density at radius 1 is 1.40 bits per heavy atom. The van der Waals surface area contributed by atoms with E-state index >= 15 is 0 Å². The van der Waals surface area contributed by atoms with Gasteiger partial charge in [0.25, 0.3) is 0 Å². The van der Waals surface area contributed by atoms with Gasteiger partial charge in [0.2, 0.25) is 10.0 Å². The monoisotopic (exact) mass is 377 g/mol. The minimum atomic E-state index is -3.85. The Labute approximate surface area is 130 Å². The molecule has 2 aromatic rings. The number of nitrogens with one attached hydrogen (secondary N) is 1. The highest BCUT2D eigenvalue weighted by molar-refractivity contribution is 9.10. The van der Waals surface area contributed by atoms with Crippen LogP contribution < -0.4 is 4.72 Å². The fourth-order valence-electron chi connectivity index (χ4n) is 1.83. The first-order valence-corrected chi connectivity index (χ1v) is 9.09. The Kier molecular flexibility index (Phi) is 4.95. The average molecular weight is 378 g/mol. The van der Waals surface area contributed by atoms with Crippen molar-refractivity contribution in [2.75, 3.05) is 0 Å². The van der Waals surface area contributed by atoms with Crippen molar-refractivity contribution >= 4 is 37.3 Å². The van der Waals surface area contributed by atoms with E-state index < -0.39 is 15.8 Å². The first-order valence-electron chi connectivity index (χ1n) is 5.87. The SMILES string of the molecule is CC(Cc1ccsc1)NS(=O)(=O)c1ccc(Br)cc1F. The van der Waals surface area contributed by atoms with Crippen molar-refractivity contribution in [3.63, 3.8) is 0 Å². The predicted octanol–water partition coefficient (Wildman–Crippen LogP) is 3.56. The summed E-state index contributed by atoms with van der Waals surface area (Å²) in [7, 11) is -3.85. The van der Waals surface area contributed by atoms with Crippen LogP contribution in [0.5, 0.6) is 0 Å². The van der Waals surface area contributed by atoms with E-state index in [0.29, 0.717) is 10.9 Å². The lowest BCUT2D eigenvalue weighted by molar-refractivity contribution is 0.542. The molecule has 0 aliphatic rings. The summed E-state index contributed by atoms with van der Waals surface area (Å²) < 4.78 is 41.0. The number of benzene rings is 1. The van der Waals surface area contributed by atoms with Crippen LogP contribution in [0.2, 0.25) is 0 Å². The molecule has 0 bridgehead atoms. The minimum Gasteiger partial charge on any atom is -0.208 e. The number of hydrogen-bond donors (Lipinski definition) is 1. The zero-order valence-electron chi connectivity index (χ0n) is 10.6. The highest BCUT2D eigenvalue weighted by atomic mass is 79.9. The van der Waals surface area contributed by atoms with Crippen LogP contribution >= 0.6 is 27.3 Å². The Bertz CT molecular complexity index is 686. The van der Waals surface area contributed by atoms with Gasteiger partial charge in [-0.25, -0.2) is 17.5 Å². The predicted molar refractivity (Wildman–Crippen MR) is 81.9 cm³/mol. The van der Waals surface area contributed by atoms with Crippen LogP contribution in [0.4, 0.5) is 4.39 Å². The molecule has 108 valence electrons. The molecule has 1 atom stereocenters. The Hall–Kier alpha value is -0.760. The highest BCUT2D eigenvalue weighted by Crippen LogP contribution is 2.20. The second-order valence-corrected chi connectivity index (χ2v) is 7.81. The third kappa shape index (κ3) is 3.88. The van der Waals surface area contributed by atoms with Gasteiger partial charge in [0.1, 0.15) is 10.7 Å². The maximum atomic E-state index is 13.7. The van der Waals surface area contributed by atoms with Gasteiger partial charge >= 0.3 is 0 Å². The fourth-order valence-corrected chi connectivity index (χ4v) is 4.14. The lowest BCUT2D eigenvalue weighted by Crippen LogP contribution is -2.34. The second-order valence-electron chi connectivity index (χ2n) is 4.43. The summed E-state index contributed by atoms with van der Waals surface area (Å²) in [4.78, 5) is -0.335. The van der Waals surface area contributed by atoms with Crippen molar-refractivity contribution in [3.8, 4) is 0 Å². The summed E-state index contributed by atoms with van der Waals surface area (Å²) in [5, 5.41) is 3.90. The molecule has 0 fully saturated rings. The van der Waals surface area contributed by atoms with Crippen molar-refractivity contribution in [2.24, 2.45) is 0 Å². The summed E-state index contributed by atoms with van der Waals surface area (Å²) in [6, 6.07) is 5.52. The molecular weight excluding hydrogens is 365 g/mol. The van der Waals surface area contributed by atoms with Gasteiger partial charge in [0.15, 0.2) is 0 Å². The zero-order chi connectivity index (χ0) is 14.8. The lowest BCUT2D eigenvalue weighted by Gasteiger charge is -2.14. The molecule has 1 aromatic carbocycles. The van der Waals surface area contributed by atoms with E-state index in [0.717, 1.165) is 11.6 Å². The molecule has 7 heteroatoms. The molecule has 20 heavy (non-hydrogen) atoms. The first kappa shape index (κ1) is 15.6. The molecular formula is C13H13BrFNO2S2. The number of sulfonamides is 1. The molecule has 0 aliphatic heterocycles. The Morgan fingerprint density at radius 3 is 2.75 bits per heavy atom.